The van der Waals surface area contributed by atoms with Crippen LogP contribution in [0.2, 0.25) is 5.02 Å². The third kappa shape index (κ3) is 4.69. The van der Waals surface area contributed by atoms with E-state index in [9.17, 15) is 0 Å². The number of pyridine rings is 1. The molecule has 0 amide bonds. The van der Waals surface area contributed by atoms with Crippen molar-refractivity contribution in [2.75, 3.05) is 25.2 Å². The van der Waals surface area contributed by atoms with Gasteiger partial charge in [0.25, 0.3) is 0 Å². The number of halogens is 1. The summed E-state index contributed by atoms with van der Waals surface area (Å²) >= 11 is 12.5. The number of aromatic nitrogens is 2. The van der Waals surface area contributed by atoms with Gasteiger partial charge in [-0.2, -0.15) is 0 Å². The summed E-state index contributed by atoms with van der Waals surface area (Å²) in [5.74, 6) is 0.608. The first-order chi connectivity index (χ1) is 17.6. The third-order valence-electron chi connectivity index (χ3n) is 6.30. The molecule has 0 spiro atoms. The number of methoxy groups -OCH3 is 1. The molecule has 0 bridgehead atoms. The molecule has 5 rings (SSSR count). The fourth-order valence-corrected chi connectivity index (χ4v) is 5.19. The summed E-state index contributed by atoms with van der Waals surface area (Å²) in [4.78, 5) is 6.78. The zero-order chi connectivity index (χ0) is 25.1. The highest BCUT2D eigenvalue weighted by molar-refractivity contribution is 7.80. The van der Waals surface area contributed by atoms with Crippen molar-refractivity contribution in [3.05, 3.63) is 107 Å². The minimum atomic E-state index is -0.168. The van der Waals surface area contributed by atoms with Crippen LogP contribution in [0.3, 0.4) is 0 Å². The molecule has 184 valence electrons. The van der Waals surface area contributed by atoms with Gasteiger partial charge < -0.3 is 24.3 Å². The standard InChI is InChI=1S/C28H27ClN4O2S/c1-19-8-3-4-10-23(19)32-15-7-11-24(32)27-26(22-9-5-6-14-30-22)31-28(36)33(27)20-12-13-25(21(29)18-20)35-17-16-34-2/h3-15,18,26-27H,16-17H2,1-2H3,(H,31,36)/t26-,27+/m0/s1. The molecule has 4 aromatic rings. The summed E-state index contributed by atoms with van der Waals surface area (Å²) in [6.07, 6.45) is 3.90. The highest BCUT2D eigenvalue weighted by Gasteiger charge is 2.42. The quantitative estimate of drug-likeness (QED) is 0.227. The summed E-state index contributed by atoms with van der Waals surface area (Å²) in [5, 5.41) is 4.64. The maximum absolute atomic E-state index is 6.63. The molecule has 2 atom stereocenters. The first kappa shape index (κ1) is 24.3. The number of rotatable bonds is 8. The van der Waals surface area contributed by atoms with Crippen molar-refractivity contribution in [1.29, 1.82) is 0 Å². The van der Waals surface area contributed by atoms with Gasteiger partial charge in [0.2, 0.25) is 0 Å². The lowest BCUT2D eigenvalue weighted by atomic mass is 10.0. The molecule has 2 aromatic carbocycles. The van der Waals surface area contributed by atoms with Gasteiger partial charge in [-0.25, -0.2) is 0 Å². The zero-order valence-corrected chi connectivity index (χ0v) is 21.7. The number of thiocarbonyl (C=S) groups is 1. The third-order valence-corrected chi connectivity index (χ3v) is 6.90. The molecule has 8 heteroatoms. The summed E-state index contributed by atoms with van der Waals surface area (Å²) < 4.78 is 13.1. The lowest BCUT2D eigenvalue weighted by molar-refractivity contribution is 0.146. The minimum absolute atomic E-state index is 0.159. The molecule has 0 aliphatic carbocycles. The summed E-state index contributed by atoms with van der Waals surface area (Å²) in [6.45, 7) is 3.03. The van der Waals surface area contributed by atoms with Crippen LogP contribution in [0.1, 0.15) is 29.0 Å². The Labute approximate surface area is 221 Å². The molecule has 36 heavy (non-hydrogen) atoms. The predicted octanol–water partition coefficient (Wildman–Crippen LogP) is 6.04. The second-order valence-electron chi connectivity index (χ2n) is 8.54. The van der Waals surface area contributed by atoms with Crippen molar-refractivity contribution in [3.8, 4) is 11.4 Å². The number of hydrogen-bond acceptors (Lipinski definition) is 4. The van der Waals surface area contributed by atoms with E-state index in [0.29, 0.717) is 29.1 Å². The molecule has 6 nitrogen and oxygen atoms in total. The first-order valence-corrected chi connectivity index (χ1v) is 12.5. The molecule has 0 unspecified atom stereocenters. The van der Waals surface area contributed by atoms with E-state index in [2.05, 4.69) is 69.3 Å². The molecule has 0 radical (unpaired) electrons. The van der Waals surface area contributed by atoms with Gasteiger partial charge in [0, 0.05) is 36.6 Å². The number of nitrogens with one attached hydrogen (secondary N) is 1. The number of ether oxygens (including phenoxy) is 2. The highest BCUT2D eigenvalue weighted by atomic mass is 35.5. The monoisotopic (exact) mass is 518 g/mol. The van der Waals surface area contributed by atoms with E-state index in [1.165, 1.54) is 5.56 Å². The van der Waals surface area contributed by atoms with Crippen LogP contribution in [0.4, 0.5) is 5.69 Å². The lowest BCUT2D eigenvalue weighted by Gasteiger charge is -2.29. The Bertz CT molecular complexity index is 1360. The van der Waals surface area contributed by atoms with Gasteiger partial charge in [-0.15, -0.1) is 0 Å². The van der Waals surface area contributed by atoms with E-state index in [4.69, 9.17) is 33.3 Å². The van der Waals surface area contributed by atoms with Crippen molar-refractivity contribution in [1.82, 2.24) is 14.9 Å². The number of benzene rings is 2. The topological polar surface area (TPSA) is 51.6 Å². The predicted molar refractivity (Wildman–Crippen MR) is 147 cm³/mol. The number of aryl methyl sites for hydroxylation is 1. The fraction of sp³-hybridized carbons (Fsp3) is 0.214. The largest absolute Gasteiger partial charge is 0.490 e. The van der Waals surface area contributed by atoms with E-state index < -0.39 is 0 Å². The summed E-state index contributed by atoms with van der Waals surface area (Å²) in [5.41, 5.74) is 5.18. The second kappa shape index (κ2) is 10.7. The Morgan fingerprint density at radius 3 is 2.61 bits per heavy atom. The van der Waals surface area contributed by atoms with Crippen LogP contribution in [-0.2, 0) is 4.74 Å². The van der Waals surface area contributed by atoms with E-state index in [1.807, 2.05) is 42.6 Å². The Kier molecular flexibility index (Phi) is 7.23. The second-order valence-corrected chi connectivity index (χ2v) is 9.34. The number of hydrogen-bond donors (Lipinski definition) is 1. The number of anilines is 1. The molecule has 2 aromatic heterocycles. The molecule has 1 aliphatic rings. The van der Waals surface area contributed by atoms with Crippen molar-refractivity contribution < 1.29 is 9.47 Å². The van der Waals surface area contributed by atoms with Crippen LogP contribution < -0.4 is 15.0 Å². The van der Waals surface area contributed by atoms with Gasteiger partial charge in [0.1, 0.15) is 18.4 Å². The Morgan fingerprint density at radius 1 is 1.03 bits per heavy atom. The zero-order valence-electron chi connectivity index (χ0n) is 20.1. The average Bonchev–Trinajstić information content (AvgIpc) is 3.50. The van der Waals surface area contributed by atoms with Crippen LogP contribution in [0.5, 0.6) is 5.75 Å². The molecule has 1 N–H and O–H groups in total. The summed E-state index contributed by atoms with van der Waals surface area (Å²) in [6, 6.07) is 23.9. The lowest BCUT2D eigenvalue weighted by Crippen LogP contribution is -2.30. The van der Waals surface area contributed by atoms with E-state index in [0.717, 1.165) is 22.8 Å². The first-order valence-electron chi connectivity index (χ1n) is 11.7. The normalized spacial score (nSPS) is 17.3. The Hall–Kier alpha value is -3.39. The van der Waals surface area contributed by atoms with Gasteiger partial charge in [0.15, 0.2) is 5.11 Å². The van der Waals surface area contributed by atoms with Gasteiger partial charge in [0.05, 0.1) is 23.4 Å². The van der Waals surface area contributed by atoms with E-state index in [-0.39, 0.29) is 12.1 Å². The van der Waals surface area contributed by atoms with E-state index in [1.54, 1.807) is 7.11 Å². The molecule has 1 saturated heterocycles. The Morgan fingerprint density at radius 2 is 1.86 bits per heavy atom. The van der Waals surface area contributed by atoms with Gasteiger partial charge in [-0.05, 0) is 73.2 Å². The van der Waals surface area contributed by atoms with Gasteiger partial charge >= 0.3 is 0 Å². The molecule has 1 fully saturated rings. The summed E-state index contributed by atoms with van der Waals surface area (Å²) in [7, 11) is 1.64. The van der Waals surface area contributed by atoms with Crippen molar-refractivity contribution >= 4 is 34.6 Å². The van der Waals surface area contributed by atoms with Crippen molar-refractivity contribution in [3.63, 3.8) is 0 Å². The van der Waals surface area contributed by atoms with Crippen LogP contribution >= 0.6 is 23.8 Å². The maximum Gasteiger partial charge on any atom is 0.174 e. The molecule has 0 saturated carbocycles. The molecule has 1 aliphatic heterocycles. The Balaban J connectivity index is 1.59. The SMILES string of the molecule is COCCOc1ccc(N2C(=S)N[C@@H](c3ccccn3)[C@H]2c2cccn2-c2ccccc2C)cc1Cl. The molecular formula is C28H27ClN4O2S. The number of para-hydroxylation sites is 1. The molecule has 3 heterocycles. The minimum Gasteiger partial charge on any atom is -0.490 e. The smallest absolute Gasteiger partial charge is 0.174 e. The van der Waals surface area contributed by atoms with Crippen LogP contribution in [0.25, 0.3) is 5.69 Å². The fourth-order valence-electron chi connectivity index (χ4n) is 4.61. The van der Waals surface area contributed by atoms with Crippen LogP contribution in [0.15, 0.2) is 85.2 Å². The molecular weight excluding hydrogens is 492 g/mol. The van der Waals surface area contributed by atoms with Crippen LogP contribution in [-0.4, -0.2) is 35.0 Å². The highest BCUT2D eigenvalue weighted by Crippen LogP contribution is 2.43. The van der Waals surface area contributed by atoms with E-state index >= 15 is 0 Å². The van der Waals surface area contributed by atoms with Crippen molar-refractivity contribution in [2.24, 2.45) is 0 Å². The van der Waals surface area contributed by atoms with Crippen LogP contribution in [0, 0.1) is 6.92 Å². The van der Waals surface area contributed by atoms with Gasteiger partial charge in [-0.1, -0.05) is 35.9 Å². The van der Waals surface area contributed by atoms with Gasteiger partial charge in [-0.3, -0.25) is 4.98 Å². The number of nitrogens with zero attached hydrogens (tertiary/aromatic N) is 3. The van der Waals surface area contributed by atoms with Crippen molar-refractivity contribution in [2.45, 2.75) is 19.0 Å². The average molecular weight is 519 g/mol. The maximum atomic E-state index is 6.63.